The van der Waals surface area contributed by atoms with E-state index in [0.717, 1.165) is 10.0 Å². The summed E-state index contributed by atoms with van der Waals surface area (Å²) in [6.45, 7) is 0. The standard InChI is InChI=1S/C9H10N2OS.C8H8BrNO3S/c1-13(12)6-8-4-9(11)3-2-7(8)5-10;1-14(13)5-6-4-7(10(11)12)2-3-8(6)9/h2-4H,6,11H2,1H3;2-4H,5H2,1H3. The van der Waals surface area contributed by atoms with Crippen LogP contribution < -0.4 is 5.73 Å². The topological polar surface area (TPSA) is 127 Å². The van der Waals surface area contributed by atoms with Gasteiger partial charge in [0.2, 0.25) is 0 Å². The molecule has 0 spiro atoms. The van der Waals surface area contributed by atoms with Crippen molar-refractivity contribution in [1.82, 2.24) is 0 Å². The van der Waals surface area contributed by atoms with Gasteiger partial charge in [-0.25, -0.2) is 0 Å². The van der Waals surface area contributed by atoms with Crippen LogP contribution in [-0.4, -0.2) is 25.9 Å². The van der Waals surface area contributed by atoms with Crippen LogP contribution in [-0.2, 0) is 33.1 Å². The first-order valence-corrected chi connectivity index (χ1v) is 11.7. The molecule has 0 heterocycles. The number of halogens is 1. The van der Waals surface area contributed by atoms with Crippen molar-refractivity contribution in [3.63, 3.8) is 0 Å². The summed E-state index contributed by atoms with van der Waals surface area (Å²) >= 11 is 3.25. The van der Waals surface area contributed by atoms with E-state index in [2.05, 4.69) is 15.9 Å². The minimum absolute atomic E-state index is 0.0219. The third-order valence-electron chi connectivity index (χ3n) is 3.21. The van der Waals surface area contributed by atoms with Crippen molar-refractivity contribution in [3.8, 4) is 6.07 Å². The lowest BCUT2D eigenvalue weighted by molar-refractivity contribution is -0.384. The Labute approximate surface area is 170 Å². The molecule has 144 valence electrons. The fourth-order valence-corrected chi connectivity index (χ4v) is 3.99. The van der Waals surface area contributed by atoms with Gasteiger partial charge in [-0.15, -0.1) is 0 Å². The average Bonchev–Trinajstić information content (AvgIpc) is 2.56. The van der Waals surface area contributed by atoms with Gasteiger partial charge in [0.05, 0.1) is 16.6 Å². The molecule has 7 nitrogen and oxygen atoms in total. The molecule has 2 N–H and O–H groups in total. The Morgan fingerprint density at radius 2 is 1.70 bits per heavy atom. The molecule has 10 heteroatoms. The first kappa shape index (κ1) is 23.0. The van der Waals surface area contributed by atoms with Gasteiger partial charge < -0.3 is 5.73 Å². The van der Waals surface area contributed by atoms with E-state index in [0.29, 0.717) is 28.3 Å². The third-order valence-corrected chi connectivity index (χ3v) is 5.42. The zero-order valence-corrected chi connectivity index (χ0v) is 17.9. The van der Waals surface area contributed by atoms with Gasteiger partial charge in [-0.1, -0.05) is 15.9 Å². The first-order chi connectivity index (χ1) is 12.6. The molecule has 0 bridgehead atoms. The number of nitro benzene ring substituents is 1. The summed E-state index contributed by atoms with van der Waals surface area (Å²) in [5.74, 6) is 0.705. The van der Waals surface area contributed by atoms with Gasteiger partial charge in [0, 0.05) is 67.9 Å². The number of nitriles is 1. The van der Waals surface area contributed by atoms with Crippen LogP contribution in [0.2, 0.25) is 0 Å². The average molecular weight is 472 g/mol. The molecule has 2 atom stereocenters. The van der Waals surface area contributed by atoms with Gasteiger partial charge in [0.25, 0.3) is 5.69 Å². The Hall–Kier alpha value is -2.09. The van der Waals surface area contributed by atoms with Crippen LogP contribution in [0, 0.1) is 21.4 Å². The number of anilines is 1. The number of benzene rings is 2. The molecule has 2 aromatic rings. The lowest BCUT2D eigenvalue weighted by atomic mass is 10.1. The molecule has 27 heavy (non-hydrogen) atoms. The SMILES string of the molecule is CS(=O)Cc1cc(N)ccc1C#N.CS(=O)Cc1cc([N+](=O)[O-])ccc1Br. The highest BCUT2D eigenvalue weighted by Gasteiger charge is 2.10. The van der Waals surface area contributed by atoms with Gasteiger partial charge in [0.15, 0.2) is 0 Å². The van der Waals surface area contributed by atoms with Crippen molar-refractivity contribution >= 4 is 48.9 Å². The molecule has 0 fully saturated rings. The van der Waals surface area contributed by atoms with Crippen molar-refractivity contribution in [1.29, 1.82) is 5.26 Å². The van der Waals surface area contributed by atoms with Gasteiger partial charge in [-0.3, -0.25) is 18.5 Å². The highest BCUT2D eigenvalue weighted by Crippen LogP contribution is 2.23. The maximum absolute atomic E-state index is 11.0. The van der Waals surface area contributed by atoms with Crippen LogP contribution in [0.4, 0.5) is 11.4 Å². The molecule has 0 aliphatic rings. The third kappa shape index (κ3) is 7.99. The molecule has 2 rings (SSSR count). The minimum Gasteiger partial charge on any atom is -0.399 e. The molecular weight excluding hydrogens is 454 g/mol. The van der Waals surface area contributed by atoms with E-state index in [9.17, 15) is 18.5 Å². The van der Waals surface area contributed by atoms with Crippen LogP contribution in [0.25, 0.3) is 0 Å². The predicted octanol–water partition coefficient (Wildman–Crippen LogP) is 3.25. The lowest BCUT2D eigenvalue weighted by Crippen LogP contribution is -1.97. The number of nitrogens with zero attached hydrogens (tertiary/aromatic N) is 2. The highest BCUT2D eigenvalue weighted by atomic mass is 79.9. The summed E-state index contributed by atoms with van der Waals surface area (Å²) in [4.78, 5) is 10.0. The summed E-state index contributed by atoms with van der Waals surface area (Å²) in [7, 11) is -1.94. The van der Waals surface area contributed by atoms with Gasteiger partial charge >= 0.3 is 0 Å². The van der Waals surface area contributed by atoms with Crippen LogP contribution in [0.1, 0.15) is 16.7 Å². The Kier molecular flexibility index (Phi) is 9.28. The van der Waals surface area contributed by atoms with Crippen molar-refractivity contribution in [2.45, 2.75) is 11.5 Å². The summed E-state index contributed by atoms with van der Waals surface area (Å²) in [6.07, 6.45) is 3.16. The summed E-state index contributed by atoms with van der Waals surface area (Å²) in [6, 6.07) is 11.5. The monoisotopic (exact) mass is 471 g/mol. The highest BCUT2D eigenvalue weighted by molar-refractivity contribution is 9.10. The number of nitro groups is 1. The Morgan fingerprint density at radius 1 is 1.11 bits per heavy atom. The van der Waals surface area contributed by atoms with Gasteiger partial charge in [0.1, 0.15) is 0 Å². The normalized spacial score (nSPS) is 12.2. The number of non-ortho nitro benzene ring substituents is 1. The van der Waals surface area contributed by atoms with Crippen LogP contribution in [0.15, 0.2) is 40.9 Å². The molecule has 0 saturated heterocycles. The largest absolute Gasteiger partial charge is 0.399 e. The van der Waals surface area contributed by atoms with Gasteiger partial charge in [-0.05, 0) is 35.4 Å². The summed E-state index contributed by atoms with van der Waals surface area (Å²) in [5, 5.41) is 19.2. The number of rotatable bonds is 5. The van der Waals surface area contributed by atoms with Crippen molar-refractivity contribution < 1.29 is 13.3 Å². The van der Waals surface area contributed by atoms with E-state index in [1.807, 2.05) is 6.07 Å². The molecule has 2 aromatic carbocycles. The summed E-state index contributed by atoms with van der Waals surface area (Å²) in [5.41, 5.74) is 8.16. The second-order valence-corrected chi connectivity index (χ2v) is 9.22. The second kappa shape index (κ2) is 10.9. The van der Waals surface area contributed by atoms with Crippen molar-refractivity contribution in [3.05, 3.63) is 67.7 Å². The van der Waals surface area contributed by atoms with Crippen LogP contribution >= 0.6 is 15.9 Å². The van der Waals surface area contributed by atoms with Crippen LogP contribution in [0.5, 0.6) is 0 Å². The van der Waals surface area contributed by atoms with Crippen molar-refractivity contribution in [2.75, 3.05) is 18.2 Å². The second-order valence-electron chi connectivity index (χ2n) is 5.50. The quantitative estimate of drug-likeness (QED) is 0.404. The molecule has 0 aliphatic heterocycles. The maximum atomic E-state index is 11.0. The molecule has 2 unspecified atom stereocenters. The fourth-order valence-electron chi connectivity index (χ4n) is 2.07. The van der Waals surface area contributed by atoms with Crippen LogP contribution in [0.3, 0.4) is 0 Å². The lowest BCUT2D eigenvalue weighted by Gasteiger charge is -2.02. The molecule has 0 aromatic heterocycles. The molecule has 0 amide bonds. The van der Waals surface area contributed by atoms with E-state index in [1.165, 1.54) is 12.1 Å². The zero-order chi connectivity index (χ0) is 20.6. The number of nitrogens with two attached hydrogens (primary N) is 1. The number of hydrogen-bond donors (Lipinski definition) is 1. The van der Waals surface area contributed by atoms with Gasteiger partial charge in [-0.2, -0.15) is 5.26 Å². The molecule has 0 radical (unpaired) electrons. The maximum Gasteiger partial charge on any atom is 0.269 e. The molecule has 0 saturated carbocycles. The van der Waals surface area contributed by atoms with Crippen molar-refractivity contribution in [2.24, 2.45) is 0 Å². The molecular formula is C17H18BrN3O4S2. The number of hydrogen-bond acceptors (Lipinski definition) is 6. The predicted molar refractivity (Wildman–Crippen MR) is 112 cm³/mol. The van der Waals surface area contributed by atoms with E-state index in [4.69, 9.17) is 11.0 Å². The summed E-state index contributed by atoms with van der Waals surface area (Å²) < 4.78 is 22.7. The smallest absolute Gasteiger partial charge is 0.269 e. The first-order valence-electron chi connectivity index (χ1n) is 7.45. The molecule has 0 aliphatic carbocycles. The van der Waals surface area contributed by atoms with E-state index in [1.54, 1.807) is 36.8 Å². The Morgan fingerprint density at radius 3 is 2.22 bits per heavy atom. The van der Waals surface area contributed by atoms with E-state index in [-0.39, 0.29) is 5.69 Å². The Bertz CT molecular complexity index is 929. The zero-order valence-electron chi connectivity index (χ0n) is 14.7. The van der Waals surface area contributed by atoms with E-state index < -0.39 is 26.5 Å². The minimum atomic E-state index is -1.00. The Balaban J connectivity index is 0.000000271. The van der Waals surface area contributed by atoms with E-state index >= 15 is 0 Å². The number of nitrogen functional groups attached to an aromatic ring is 1. The fraction of sp³-hybridized carbons (Fsp3) is 0.235.